The minimum atomic E-state index is -0.553. The van der Waals surface area contributed by atoms with Gasteiger partial charge in [0.1, 0.15) is 6.54 Å². The van der Waals surface area contributed by atoms with E-state index in [-0.39, 0.29) is 23.1 Å². The number of benzene rings is 1. The molecule has 0 aliphatic carbocycles. The lowest BCUT2D eigenvalue weighted by molar-refractivity contribution is -0.129. The molecule has 1 aliphatic heterocycles. The van der Waals surface area contributed by atoms with Gasteiger partial charge in [0.25, 0.3) is 11.1 Å². The Balaban J connectivity index is 2.17. The van der Waals surface area contributed by atoms with E-state index in [1.165, 1.54) is 6.08 Å². The van der Waals surface area contributed by atoms with Crippen LogP contribution < -0.4 is 10.1 Å². The van der Waals surface area contributed by atoms with E-state index in [9.17, 15) is 19.5 Å². The molecule has 3 amide bonds. The number of phenols is 1. The molecule has 2 rings (SSSR count). The first-order valence-electron chi connectivity index (χ1n) is 7.94. The van der Waals surface area contributed by atoms with Gasteiger partial charge in [-0.1, -0.05) is 19.1 Å². The molecular weight excluding hydrogens is 344 g/mol. The van der Waals surface area contributed by atoms with Crippen LogP contribution in [0.1, 0.15) is 25.8 Å². The molecule has 1 saturated heterocycles. The summed E-state index contributed by atoms with van der Waals surface area (Å²) in [6.07, 6.45) is 2.19. The van der Waals surface area contributed by atoms with E-state index in [0.29, 0.717) is 24.5 Å². The summed E-state index contributed by atoms with van der Waals surface area (Å²) >= 11 is 0.737. The zero-order chi connectivity index (χ0) is 18.4. The van der Waals surface area contributed by atoms with E-state index < -0.39 is 11.1 Å². The number of para-hydroxylation sites is 1. The average Bonchev–Trinajstić information content (AvgIpc) is 2.84. The molecule has 0 radical (unpaired) electrons. The van der Waals surface area contributed by atoms with Crippen LogP contribution in [-0.2, 0) is 9.59 Å². The number of nitrogens with one attached hydrogen (secondary N) is 1. The highest BCUT2D eigenvalue weighted by molar-refractivity contribution is 8.18. The topological polar surface area (TPSA) is 95.9 Å². The molecule has 0 aromatic heterocycles. The molecule has 1 aliphatic rings. The fourth-order valence-corrected chi connectivity index (χ4v) is 3.00. The number of thioether (sulfide) groups is 1. The second-order valence-electron chi connectivity index (χ2n) is 5.24. The van der Waals surface area contributed by atoms with Crippen LogP contribution in [0.4, 0.5) is 4.79 Å². The second-order valence-corrected chi connectivity index (χ2v) is 6.24. The fourth-order valence-electron chi connectivity index (χ4n) is 2.17. The summed E-state index contributed by atoms with van der Waals surface area (Å²) in [4.78, 5) is 37.2. The average molecular weight is 364 g/mol. The Bertz CT molecular complexity index is 717. The molecule has 134 valence electrons. The molecule has 0 spiro atoms. The van der Waals surface area contributed by atoms with Gasteiger partial charge in [0, 0.05) is 12.1 Å². The summed E-state index contributed by atoms with van der Waals surface area (Å²) in [7, 11) is 0. The van der Waals surface area contributed by atoms with Crippen LogP contribution in [0.3, 0.4) is 0 Å². The normalized spacial score (nSPS) is 15.8. The molecule has 1 aromatic rings. The Labute approximate surface area is 150 Å². The zero-order valence-electron chi connectivity index (χ0n) is 14.1. The Morgan fingerprint density at radius 3 is 2.80 bits per heavy atom. The van der Waals surface area contributed by atoms with Gasteiger partial charge < -0.3 is 15.2 Å². The van der Waals surface area contributed by atoms with Crippen molar-refractivity contribution in [3.8, 4) is 11.5 Å². The van der Waals surface area contributed by atoms with Crippen LogP contribution in [-0.4, -0.2) is 46.8 Å². The summed E-state index contributed by atoms with van der Waals surface area (Å²) < 4.78 is 5.30. The Morgan fingerprint density at radius 1 is 1.36 bits per heavy atom. The van der Waals surface area contributed by atoms with Gasteiger partial charge >= 0.3 is 0 Å². The number of hydrogen-bond donors (Lipinski definition) is 2. The monoisotopic (exact) mass is 364 g/mol. The lowest BCUT2D eigenvalue weighted by Crippen LogP contribution is -2.39. The van der Waals surface area contributed by atoms with Crippen molar-refractivity contribution in [3.05, 3.63) is 28.7 Å². The highest BCUT2D eigenvalue weighted by atomic mass is 32.2. The first kappa shape index (κ1) is 18.9. The number of carbonyl (C=O) groups is 3. The van der Waals surface area contributed by atoms with Crippen LogP contribution in [0.25, 0.3) is 6.08 Å². The van der Waals surface area contributed by atoms with Crippen molar-refractivity contribution in [2.75, 3.05) is 19.7 Å². The lowest BCUT2D eigenvalue weighted by atomic mass is 10.1. The fraction of sp³-hybridized carbons (Fsp3) is 0.353. The third kappa shape index (κ3) is 4.54. The molecule has 1 heterocycles. The van der Waals surface area contributed by atoms with Gasteiger partial charge in [-0.15, -0.1) is 0 Å². The van der Waals surface area contributed by atoms with Crippen molar-refractivity contribution in [2.45, 2.75) is 20.3 Å². The number of hydrogen-bond acceptors (Lipinski definition) is 6. The maximum atomic E-state index is 12.4. The van der Waals surface area contributed by atoms with Crippen molar-refractivity contribution in [3.63, 3.8) is 0 Å². The minimum Gasteiger partial charge on any atom is -0.504 e. The van der Waals surface area contributed by atoms with Gasteiger partial charge in [-0.05, 0) is 37.2 Å². The van der Waals surface area contributed by atoms with Crippen molar-refractivity contribution in [1.29, 1.82) is 0 Å². The number of nitrogens with zero attached hydrogens (tertiary/aromatic N) is 1. The van der Waals surface area contributed by atoms with E-state index in [4.69, 9.17) is 4.74 Å². The van der Waals surface area contributed by atoms with Gasteiger partial charge in [0.2, 0.25) is 5.91 Å². The Hall–Kier alpha value is -2.48. The maximum absolute atomic E-state index is 12.4. The van der Waals surface area contributed by atoms with Gasteiger partial charge in [0.15, 0.2) is 11.5 Å². The van der Waals surface area contributed by atoms with Crippen molar-refractivity contribution >= 4 is 34.9 Å². The van der Waals surface area contributed by atoms with Crippen LogP contribution in [0.5, 0.6) is 11.5 Å². The predicted octanol–water partition coefficient (Wildman–Crippen LogP) is 2.35. The number of aromatic hydroxyl groups is 1. The van der Waals surface area contributed by atoms with E-state index in [1.807, 2.05) is 6.92 Å². The first-order valence-corrected chi connectivity index (χ1v) is 8.76. The highest BCUT2D eigenvalue weighted by Gasteiger charge is 2.36. The first-order chi connectivity index (χ1) is 12.0. The zero-order valence-corrected chi connectivity index (χ0v) is 14.9. The molecule has 7 nitrogen and oxygen atoms in total. The number of rotatable bonds is 7. The van der Waals surface area contributed by atoms with Gasteiger partial charge in [0.05, 0.1) is 11.5 Å². The SMILES string of the molecule is CCCNC(=O)CN1C(=O)S/C(=C\c2cccc(OCC)c2O)C1=O. The van der Waals surface area contributed by atoms with E-state index in [0.717, 1.165) is 23.1 Å². The number of ether oxygens (including phenoxy) is 1. The van der Waals surface area contributed by atoms with Gasteiger partial charge in [-0.2, -0.15) is 0 Å². The molecule has 2 N–H and O–H groups in total. The second kappa shape index (κ2) is 8.57. The summed E-state index contributed by atoms with van der Waals surface area (Å²) in [6, 6.07) is 4.90. The predicted molar refractivity (Wildman–Crippen MR) is 95.3 cm³/mol. The van der Waals surface area contributed by atoms with Crippen LogP contribution in [0.15, 0.2) is 23.1 Å². The number of phenolic OH excluding ortho intramolecular Hbond substituents is 1. The largest absolute Gasteiger partial charge is 0.504 e. The van der Waals surface area contributed by atoms with Crippen LogP contribution in [0, 0.1) is 0 Å². The summed E-state index contributed by atoms with van der Waals surface area (Å²) in [6.45, 7) is 4.27. The highest BCUT2D eigenvalue weighted by Crippen LogP contribution is 2.36. The molecule has 8 heteroatoms. The van der Waals surface area contributed by atoms with Crippen molar-refractivity contribution < 1.29 is 24.2 Å². The maximum Gasteiger partial charge on any atom is 0.294 e. The minimum absolute atomic E-state index is 0.100. The number of imide groups is 1. The van der Waals surface area contributed by atoms with Crippen molar-refractivity contribution in [2.24, 2.45) is 0 Å². The number of amides is 3. The molecule has 0 bridgehead atoms. The quantitative estimate of drug-likeness (QED) is 0.721. The number of carbonyl (C=O) groups excluding carboxylic acids is 3. The van der Waals surface area contributed by atoms with Crippen LogP contribution in [0.2, 0.25) is 0 Å². The molecule has 1 aromatic carbocycles. The van der Waals surface area contributed by atoms with Crippen LogP contribution >= 0.6 is 11.8 Å². The van der Waals surface area contributed by atoms with Gasteiger partial charge in [-0.25, -0.2) is 0 Å². The Kier molecular flexibility index (Phi) is 6.46. The standard InChI is InChI=1S/C17H20N2O5S/c1-3-8-18-14(20)10-19-16(22)13(25-17(19)23)9-11-6-5-7-12(15(11)21)24-4-2/h5-7,9,21H,3-4,8,10H2,1-2H3,(H,18,20)/b13-9-. The summed E-state index contributed by atoms with van der Waals surface area (Å²) in [5.41, 5.74) is 0.367. The van der Waals surface area contributed by atoms with Crippen molar-refractivity contribution in [1.82, 2.24) is 10.2 Å². The smallest absolute Gasteiger partial charge is 0.294 e. The van der Waals surface area contributed by atoms with E-state index >= 15 is 0 Å². The Morgan fingerprint density at radius 2 is 2.12 bits per heavy atom. The molecule has 1 fully saturated rings. The molecule has 0 atom stereocenters. The van der Waals surface area contributed by atoms with Gasteiger partial charge in [-0.3, -0.25) is 19.3 Å². The third-order valence-corrected chi connectivity index (χ3v) is 4.27. The molecule has 0 unspecified atom stereocenters. The summed E-state index contributed by atoms with van der Waals surface area (Å²) in [5, 5.41) is 12.3. The molecular formula is C17H20N2O5S. The molecule has 0 saturated carbocycles. The van der Waals surface area contributed by atoms with E-state index in [1.54, 1.807) is 25.1 Å². The van der Waals surface area contributed by atoms with E-state index in [2.05, 4.69) is 5.32 Å². The third-order valence-electron chi connectivity index (χ3n) is 3.36. The molecule has 25 heavy (non-hydrogen) atoms. The lowest BCUT2D eigenvalue weighted by Gasteiger charge is -2.12. The summed E-state index contributed by atoms with van der Waals surface area (Å²) in [5.74, 6) is -0.735.